The summed E-state index contributed by atoms with van der Waals surface area (Å²) in [6.07, 6.45) is 2.24. The van der Waals surface area contributed by atoms with Crippen LogP contribution < -0.4 is 0 Å². The van der Waals surface area contributed by atoms with Crippen LogP contribution in [0.25, 0.3) is 0 Å². The molecule has 0 amide bonds. The summed E-state index contributed by atoms with van der Waals surface area (Å²) in [6.45, 7) is 2.14. The van der Waals surface area contributed by atoms with Crippen molar-refractivity contribution in [1.29, 1.82) is 0 Å². The van der Waals surface area contributed by atoms with E-state index in [1.165, 1.54) is 4.80 Å². The van der Waals surface area contributed by atoms with Gasteiger partial charge in [-0.3, -0.25) is 0 Å². The number of aryl methyl sites for hydroxylation is 1. The average molecular weight is 182 g/mol. The van der Waals surface area contributed by atoms with Crippen molar-refractivity contribution in [2.75, 3.05) is 0 Å². The first kappa shape index (κ1) is 8.62. The van der Waals surface area contributed by atoms with E-state index >= 15 is 0 Å². The molecule has 0 bridgehead atoms. The summed E-state index contributed by atoms with van der Waals surface area (Å²) in [5.41, 5.74) is -0.567. The second kappa shape index (κ2) is 2.77. The molecule has 0 radical (unpaired) electrons. The minimum atomic E-state index is -0.567. The van der Waals surface area contributed by atoms with Crippen molar-refractivity contribution in [2.45, 2.75) is 31.8 Å². The standard InChI is InChI=1S/C8H14N4O/c1-6-3-8(13,4-6)5-7-9-11-12(2)10-7/h6,13H,3-5H2,1-2H3. The summed E-state index contributed by atoms with van der Waals surface area (Å²) in [7, 11) is 1.73. The Bertz CT molecular complexity index is 303. The molecular weight excluding hydrogens is 168 g/mol. The monoisotopic (exact) mass is 182 g/mol. The van der Waals surface area contributed by atoms with Crippen molar-refractivity contribution in [3.05, 3.63) is 5.82 Å². The normalized spacial score (nSPS) is 33.0. The Morgan fingerprint density at radius 3 is 2.77 bits per heavy atom. The van der Waals surface area contributed by atoms with Crippen LogP contribution in [0.2, 0.25) is 0 Å². The molecule has 1 heterocycles. The topological polar surface area (TPSA) is 63.8 Å². The van der Waals surface area contributed by atoms with Crippen molar-refractivity contribution in [3.8, 4) is 0 Å². The highest BCUT2D eigenvalue weighted by Gasteiger charge is 2.41. The van der Waals surface area contributed by atoms with E-state index < -0.39 is 5.60 Å². The maximum atomic E-state index is 9.93. The zero-order valence-corrected chi connectivity index (χ0v) is 7.93. The lowest BCUT2D eigenvalue weighted by molar-refractivity contribution is -0.0679. The first-order valence-corrected chi connectivity index (χ1v) is 4.53. The summed E-state index contributed by atoms with van der Waals surface area (Å²) in [4.78, 5) is 1.42. The molecule has 1 aromatic heterocycles. The number of aromatic nitrogens is 4. The van der Waals surface area contributed by atoms with Crippen molar-refractivity contribution in [2.24, 2.45) is 13.0 Å². The molecule has 0 unspecified atom stereocenters. The second-order valence-electron chi connectivity index (χ2n) is 4.11. The van der Waals surface area contributed by atoms with Crippen LogP contribution in [0.3, 0.4) is 0 Å². The van der Waals surface area contributed by atoms with Crippen LogP contribution in [0.4, 0.5) is 0 Å². The quantitative estimate of drug-likeness (QED) is 0.694. The third kappa shape index (κ3) is 1.70. The summed E-state index contributed by atoms with van der Waals surface area (Å²) in [5.74, 6) is 1.26. The fourth-order valence-electron chi connectivity index (χ4n) is 2.07. The average Bonchev–Trinajstić information content (AvgIpc) is 2.32. The number of aliphatic hydroxyl groups is 1. The molecule has 2 rings (SSSR count). The Hall–Kier alpha value is -0.970. The van der Waals surface area contributed by atoms with Crippen molar-refractivity contribution < 1.29 is 5.11 Å². The van der Waals surface area contributed by atoms with Crippen LogP contribution in [0.5, 0.6) is 0 Å². The van der Waals surface area contributed by atoms with Crippen molar-refractivity contribution >= 4 is 0 Å². The Balaban J connectivity index is 1.99. The predicted molar refractivity (Wildman–Crippen MR) is 45.8 cm³/mol. The maximum absolute atomic E-state index is 9.93. The zero-order chi connectivity index (χ0) is 9.47. The van der Waals surface area contributed by atoms with Crippen molar-refractivity contribution in [1.82, 2.24) is 20.2 Å². The third-order valence-corrected chi connectivity index (χ3v) is 2.49. The van der Waals surface area contributed by atoms with E-state index in [1.54, 1.807) is 7.05 Å². The van der Waals surface area contributed by atoms with Crippen LogP contribution >= 0.6 is 0 Å². The van der Waals surface area contributed by atoms with Gasteiger partial charge >= 0.3 is 0 Å². The van der Waals surface area contributed by atoms with Gasteiger partial charge in [-0.05, 0) is 24.0 Å². The molecule has 13 heavy (non-hydrogen) atoms. The number of rotatable bonds is 2. The summed E-state index contributed by atoms with van der Waals surface area (Å²) >= 11 is 0. The van der Waals surface area contributed by atoms with Crippen LogP contribution in [-0.2, 0) is 13.5 Å². The smallest absolute Gasteiger partial charge is 0.177 e. The molecule has 0 aromatic carbocycles. The van der Waals surface area contributed by atoms with E-state index in [-0.39, 0.29) is 0 Å². The second-order valence-corrected chi connectivity index (χ2v) is 4.11. The number of tetrazole rings is 1. The van der Waals surface area contributed by atoms with Gasteiger partial charge in [-0.2, -0.15) is 4.80 Å². The molecule has 1 fully saturated rings. The maximum Gasteiger partial charge on any atom is 0.177 e. The molecule has 5 nitrogen and oxygen atoms in total. The molecule has 72 valence electrons. The van der Waals surface area contributed by atoms with Gasteiger partial charge in [0.15, 0.2) is 5.82 Å². The van der Waals surface area contributed by atoms with E-state index in [4.69, 9.17) is 0 Å². The van der Waals surface area contributed by atoms with Gasteiger partial charge in [0, 0.05) is 6.42 Å². The summed E-state index contributed by atoms with van der Waals surface area (Å²) in [5, 5.41) is 21.5. The highest BCUT2D eigenvalue weighted by Crippen LogP contribution is 2.38. The van der Waals surface area contributed by atoms with Crippen LogP contribution in [-0.4, -0.2) is 30.9 Å². The van der Waals surface area contributed by atoms with Gasteiger partial charge < -0.3 is 5.11 Å². The first-order valence-electron chi connectivity index (χ1n) is 4.53. The van der Waals surface area contributed by atoms with E-state index in [9.17, 15) is 5.11 Å². The van der Waals surface area contributed by atoms with Gasteiger partial charge in [-0.15, -0.1) is 10.2 Å². The molecule has 0 atom stereocenters. The Morgan fingerprint density at radius 2 is 2.31 bits per heavy atom. The number of hydrogen-bond acceptors (Lipinski definition) is 4. The van der Waals surface area contributed by atoms with Gasteiger partial charge in [0.2, 0.25) is 0 Å². The molecule has 0 saturated heterocycles. The largest absolute Gasteiger partial charge is 0.389 e. The fraction of sp³-hybridized carbons (Fsp3) is 0.875. The van der Waals surface area contributed by atoms with Gasteiger partial charge in [0.1, 0.15) is 0 Å². The lowest BCUT2D eigenvalue weighted by Gasteiger charge is -2.41. The molecule has 1 aliphatic rings. The summed E-state index contributed by atoms with van der Waals surface area (Å²) < 4.78 is 0. The van der Waals surface area contributed by atoms with Crippen molar-refractivity contribution in [3.63, 3.8) is 0 Å². The van der Waals surface area contributed by atoms with Gasteiger partial charge in [-0.1, -0.05) is 6.92 Å². The molecule has 1 saturated carbocycles. The molecule has 0 spiro atoms. The Kier molecular flexibility index (Phi) is 1.83. The van der Waals surface area contributed by atoms with Gasteiger partial charge in [0.25, 0.3) is 0 Å². The van der Waals surface area contributed by atoms with E-state index in [0.717, 1.165) is 12.8 Å². The van der Waals surface area contributed by atoms with Crippen LogP contribution in [0.15, 0.2) is 0 Å². The Morgan fingerprint density at radius 1 is 1.62 bits per heavy atom. The first-order chi connectivity index (χ1) is 6.07. The molecule has 1 aliphatic carbocycles. The lowest BCUT2D eigenvalue weighted by Crippen LogP contribution is -2.44. The molecule has 0 aliphatic heterocycles. The minimum Gasteiger partial charge on any atom is -0.389 e. The van der Waals surface area contributed by atoms with E-state index in [1.807, 2.05) is 0 Å². The lowest BCUT2D eigenvalue weighted by atomic mass is 9.70. The molecule has 5 heteroatoms. The molecule has 1 aromatic rings. The van der Waals surface area contributed by atoms with Crippen LogP contribution in [0, 0.1) is 5.92 Å². The summed E-state index contributed by atoms with van der Waals surface area (Å²) in [6, 6.07) is 0. The molecular formula is C8H14N4O. The Labute approximate surface area is 76.8 Å². The number of hydrogen-bond donors (Lipinski definition) is 1. The van der Waals surface area contributed by atoms with Crippen LogP contribution in [0.1, 0.15) is 25.6 Å². The zero-order valence-electron chi connectivity index (χ0n) is 7.93. The SMILES string of the molecule is CC1CC(O)(Cc2nnn(C)n2)C1. The molecule has 1 N–H and O–H groups in total. The van der Waals surface area contributed by atoms with E-state index in [2.05, 4.69) is 22.3 Å². The fourth-order valence-corrected chi connectivity index (χ4v) is 2.07. The highest BCUT2D eigenvalue weighted by atomic mass is 16.3. The highest BCUT2D eigenvalue weighted by molar-refractivity contribution is 4.99. The predicted octanol–water partition coefficient (Wildman–Crippen LogP) is -0.0864. The minimum absolute atomic E-state index is 0.533. The van der Waals surface area contributed by atoms with E-state index in [0.29, 0.717) is 18.2 Å². The number of nitrogens with zero attached hydrogens (tertiary/aromatic N) is 4. The van der Waals surface area contributed by atoms with Gasteiger partial charge in [0.05, 0.1) is 12.6 Å². The third-order valence-electron chi connectivity index (χ3n) is 2.49. The van der Waals surface area contributed by atoms with Gasteiger partial charge in [-0.25, -0.2) is 0 Å².